The number of hydrogen-bond donors (Lipinski definition) is 1. The minimum atomic E-state index is 0.121. The van der Waals surface area contributed by atoms with Crippen molar-refractivity contribution in [2.45, 2.75) is 64.5 Å². The average molecular weight is 414 g/mol. The summed E-state index contributed by atoms with van der Waals surface area (Å²) in [6.45, 7) is 4.92. The molecule has 1 N–H and O–H groups in total. The molecule has 3 saturated carbocycles. The molecule has 1 aromatic heterocycles. The molecule has 2 heterocycles. The van der Waals surface area contributed by atoms with E-state index in [0.29, 0.717) is 28.4 Å². The zero-order valence-electron chi connectivity index (χ0n) is 17.7. The van der Waals surface area contributed by atoms with Crippen LogP contribution in [0.4, 0.5) is 5.82 Å². The Morgan fingerprint density at radius 3 is 2.72 bits per heavy atom. The van der Waals surface area contributed by atoms with Gasteiger partial charge in [-0.25, -0.2) is 4.98 Å². The lowest BCUT2D eigenvalue weighted by Crippen LogP contribution is -2.60. The van der Waals surface area contributed by atoms with Crippen molar-refractivity contribution in [2.75, 3.05) is 12.4 Å². The molecular weight excluding hydrogens is 382 g/mol. The van der Waals surface area contributed by atoms with Gasteiger partial charge in [0, 0.05) is 30.7 Å². The molecule has 4 nitrogen and oxygen atoms in total. The molecule has 5 heteroatoms. The van der Waals surface area contributed by atoms with E-state index in [-0.39, 0.29) is 11.3 Å². The van der Waals surface area contributed by atoms with Crippen molar-refractivity contribution in [1.29, 1.82) is 0 Å². The fourth-order valence-corrected chi connectivity index (χ4v) is 7.73. The van der Waals surface area contributed by atoms with E-state index in [0.717, 1.165) is 24.1 Å². The van der Waals surface area contributed by atoms with E-state index in [1.807, 2.05) is 30.2 Å². The van der Waals surface area contributed by atoms with Crippen molar-refractivity contribution in [3.8, 4) is 0 Å². The summed E-state index contributed by atoms with van der Waals surface area (Å²) in [6, 6.07) is 4.74. The lowest BCUT2D eigenvalue weighted by atomic mass is 9.48. The second kappa shape index (κ2) is 6.73. The van der Waals surface area contributed by atoms with Crippen molar-refractivity contribution in [3.05, 3.63) is 35.5 Å². The first kappa shape index (κ1) is 19.4. The van der Waals surface area contributed by atoms with E-state index < -0.39 is 0 Å². The van der Waals surface area contributed by atoms with Gasteiger partial charge in [0.2, 0.25) is 5.91 Å². The van der Waals surface area contributed by atoms with Gasteiger partial charge in [0.15, 0.2) is 0 Å². The molecule has 4 aliphatic rings. The number of likely N-dealkylation sites (N-methyl/N-ethyl adjacent to an activating group) is 1. The molecule has 29 heavy (non-hydrogen) atoms. The van der Waals surface area contributed by atoms with Crippen molar-refractivity contribution >= 4 is 23.3 Å². The first-order valence-electron chi connectivity index (χ1n) is 11.2. The fourth-order valence-electron chi connectivity index (χ4n) is 7.62. The Labute approximate surface area is 179 Å². The minimum Gasteiger partial charge on any atom is -0.367 e. The van der Waals surface area contributed by atoms with Crippen LogP contribution in [0.15, 0.2) is 30.5 Å². The summed E-state index contributed by atoms with van der Waals surface area (Å²) in [5, 5.41) is 4.43. The molecule has 1 aliphatic heterocycles. The third-order valence-corrected chi connectivity index (χ3v) is 9.40. The number of amides is 1. The Balaban J connectivity index is 1.39. The first-order valence-corrected chi connectivity index (χ1v) is 11.5. The fraction of sp³-hybridized carbons (Fsp3) is 0.667. The van der Waals surface area contributed by atoms with Crippen LogP contribution in [0.25, 0.3) is 0 Å². The van der Waals surface area contributed by atoms with E-state index in [9.17, 15) is 4.79 Å². The highest BCUT2D eigenvalue weighted by atomic mass is 35.5. The first-order chi connectivity index (χ1) is 13.8. The molecule has 1 aromatic rings. The van der Waals surface area contributed by atoms with Crippen molar-refractivity contribution < 1.29 is 4.79 Å². The Morgan fingerprint density at radius 2 is 1.97 bits per heavy atom. The lowest BCUT2D eigenvalue weighted by molar-refractivity contribution is -0.138. The largest absolute Gasteiger partial charge is 0.367 e. The highest BCUT2D eigenvalue weighted by molar-refractivity contribution is 6.30. The van der Waals surface area contributed by atoms with Gasteiger partial charge in [0.25, 0.3) is 0 Å². The summed E-state index contributed by atoms with van der Waals surface area (Å²) < 4.78 is 0. The second-order valence-electron chi connectivity index (χ2n) is 10.3. The molecule has 3 aliphatic carbocycles. The second-order valence-corrected chi connectivity index (χ2v) is 10.7. The molecule has 0 unspecified atom stereocenters. The average Bonchev–Trinajstić information content (AvgIpc) is 3.03. The third kappa shape index (κ3) is 2.85. The predicted octanol–water partition coefficient (Wildman–Crippen LogP) is 5.15. The molecule has 0 bridgehead atoms. The van der Waals surface area contributed by atoms with Gasteiger partial charge < -0.3 is 10.2 Å². The summed E-state index contributed by atoms with van der Waals surface area (Å²) in [5.74, 6) is 3.30. The zero-order valence-corrected chi connectivity index (χ0v) is 18.5. The molecule has 0 aromatic carbocycles. The number of carbonyl (C=O) groups is 1. The number of carbonyl (C=O) groups excluding carboxylic acids is 1. The van der Waals surface area contributed by atoms with Gasteiger partial charge >= 0.3 is 0 Å². The zero-order chi connectivity index (χ0) is 20.4. The van der Waals surface area contributed by atoms with E-state index in [4.69, 9.17) is 11.6 Å². The maximum absolute atomic E-state index is 12.2. The SMILES string of the molecule is CN1C(=O)C=C[C@]2(C)[C@H]3CC[C@]4(C)[C@@H](Nc5ccc(Cl)cn5)CC[C@H]4[C@@H]3CC[C@@H]12. The number of aromatic nitrogens is 1. The van der Waals surface area contributed by atoms with E-state index in [2.05, 4.69) is 30.2 Å². The molecule has 0 saturated heterocycles. The van der Waals surface area contributed by atoms with Crippen LogP contribution in [0.2, 0.25) is 5.02 Å². The van der Waals surface area contributed by atoms with Gasteiger partial charge in [-0.05, 0) is 79.9 Å². The van der Waals surface area contributed by atoms with Gasteiger partial charge in [0.05, 0.1) is 5.02 Å². The van der Waals surface area contributed by atoms with Gasteiger partial charge in [-0.2, -0.15) is 0 Å². The maximum atomic E-state index is 12.2. The molecule has 156 valence electrons. The Bertz CT molecular complexity index is 839. The molecule has 3 fully saturated rings. The van der Waals surface area contributed by atoms with Crippen LogP contribution in [0.3, 0.4) is 0 Å². The number of nitrogens with zero attached hydrogens (tertiary/aromatic N) is 2. The third-order valence-electron chi connectivity index (χ3n) is 9.18. The summed E-state index contributed by atoms with van der Waals surface area (Å²) in [7, 11) is 2.00. The topological polar surface area (TPSA) is 45.2 Å². The highest BCUT2D eigenvalue weighted by Gasteiger charge is 2.60. The smallest absolute Gasteiger partial charge is 0.246 e. The summed E-state index contributed by atoms with van der Waals surface area (Å²) in [5.41, 5.74) is 0.432. The van der Waals surface area contributed by atoms with Gasteiger partial charge in [-0.3, -0.25) is 4.79 Å². The van der Waals surface area contributed by atoms with Gasteiger partial charge in [-0.15, -0.1) is 0 Å². The molecule has 1 amide bonds. The number of halogens is 1. The number of anilines is 1. The lowest BCUT2D eigenvalue weighted by Gasteiger charge is -2.60. The Morgan fingerprint density at radius 1 is 1.14 bits per heavy atom. The highest BCUT2D eigenvalue weighted by Crippen LogP contribution is 2.64. The maximum Gasteiger partial charge on any atom is 0.246 e. The van der Waals surface area contributed by atoms with E-state index in [1.165, 1.54) is 32.1 Å². The Hall–Kier alpha value is -1.55. The van der Waals surface area contributed by atoms with Crippen LogP contribution >= 0.6 is 11.6 Å². The standard InChI is InChI=1S/C24H32ClN3O/c1-23-12-10-18-16(5-8-20-24(18,2)13-11-22(29)28(20)3)17(23)6-7-19(23)27-21-9-4-15(25)14-26-21/h4,9,11,13-14,16-20H,5-8,10,12H2,1-3H3,(H,26,27)/t16-,17-,18-,19-,20+,23-,24+/m0/s1. The molecule has 7 atom stereocenters. The van der Waals surface area contributed by atoms with Crippen LogP contribution in [0.5, 0.6) is 0 Å². The summed E-state index contributed by atoms with van der Waals surface area (Å²) >= 11 is 6.01. The van der Waals surface area contributed by atoms with Crippen molar-refractivity contribution in [3.63, 3.8) is 0 Å². The van der Waals surface area contributed by atoms with Crippen LogP contribution in [-0.2, 0) is 4.79 Å². The number of nitrogens with one attached hydrogen (secondary N) is 1. The van der Waals surface area contributed by atoms with Crippen LogP contribution in [0.1, 0.15) is 52.4 Å². The number of rotatable bonds is 2. The van der Waals surface area contributed by atoms with Crippen LogP contribution in [0, 0.1) is 28.6 Å². The normalized spacial score (nSPS) is 43.5. The summed E-state index contributed by atoms with van der Waals surface area (Å²) in [6.07, 6.45) is 13.2. The van der Waals surface area contributed by atoms with E-state index >= 15 is 0 Å². The van der Waals surface area contributed by atoms with Crippen molar-refractivity contribution in [1.82, 2.24) is 9.88 Å². The van der Waals surface area contributed by atoms with Gasteiger partial charge in [-0.1, -0.05) is 31.5 Å². The summed E-state index contributed by atoms with van der Waals surface area (Å²) in [4.78, 5) is 18.7. The molecule has 5 rings (SSSR count). The minimum absolute atomic E-state index is 0.121. The van der Waals surface area contributed by atoms with E-state index in [1.54, 1.807) is 6.20 Å². The van der Waals surface area contributed by atoms with Crippen LogP contribution < -0.4 is 5.32 Å². The number of pyridine rings is 1. The monoisotopic (exact) mass is 413 g/mol. The predicted molar refractivity (Wildman–Crippen MR) is 117 cm³/mol. The molecule has 0 spiro atoms. The molecule has 0 radical (unpaired) electrons. The Kier molecular flexibility index (Phi) is 4.51. The van der Waals surface area contributed by atoms with Crippen molar-refractivity contribution in [2.24, 2.45) is 28.6 Å². The molecular formula is C24H32ClN3O. The van der Waals surface area contributed by atoms with Gasteiger partial charge in [0.1, 0.15) is 5.82 Å². The quantitative estimate of drug-likeness (QED) is 0.728. The number of fused-ring (bicyclic) bond motifs is 5. The van der Waals surface area contributed by atoms with Crippen LogP contribution in [-0.4, -0.2) is 34.9 Å². The number of hydrogen-bond acceptors (Lipinski definition) is 3.